The summed E-state index contributed by atoms with van der Waals surface area (Å²) in [5.74, 6) is 1.12. The third kappa shape index (κ3) is 5.76. The molecule has 0 saturated carbocycles. The maximum atomic E-state index is 13.0. The van der Waals surface area contributed by atoms with Gasteiger partial charge in [-0.25, -0.2) is 4.39 Å². The first-order valence-electron chi connectivity index (χ1n) is 9.85. The molecule has 6 heteroatoms. The number of allylic oxidation sites excluding steroid dienone is 1. The molecule has 0 aliphatic rings. The third-order valence-corrected chi connectivity index (χ3v) is 4.66. The molecule has 0 spiro atoms. The van der Waals surface area contributed by atoms with Gasteiger partial charge in [0.25, 0.3) is 0 Å². The van der Waals surface area contributed by atoms with Crippen molar-refractivity contribution in [2.75, 3.05) is 26.6 Å². The van der Waals surface area contributed by atoms with Gasteiger partial charge in [0.05, 0.1) is 21.3 Å². The van der Waals surface area contributed by atoms with Crippen LogP contribution in [0.15, 0.2) is 72.9 Å². The zero-order valence-electron chi connectivity index (χ0n) is 18.1. The number of nitrogens with one attached hydrogen (secondary N) is 1. The van der Waals surface area contributed by atoms with E-state index in [0.717, 1.165) is 16.8 Å². The highest BCUT2D eigenvalue weighted by Gasteiger charge is 2.12. The van der Waals surface area contributed by atoms with E-state index in [2.05, 4.69) is 5.32 Å². The van der Waals surface area contributed by atoms with Crippen molar-refractivity contribution in [2.45, 2.75) is 0 Å². The number of anilines is 1. The Balaban J connectivity index is 1.70. The van der Waals surface area contributed by atoms with Gasteiger partial charge in [-0.15, -0.1) is 0 Å². The van der Waals surface area contributed by atoms with Crippen molar-refractivity contribution in [3.8, 4) is 17.2 Å². The van der Waals surface area contributed by atoms with Crippen LogP contribution in [0.3, 0.4) is 0 Å². The zero-order chi connectivity index (χ0) is 22.9. The average Bonchev–Trinajstić information content (AvgIpc) is 2.82. The molecule has 0 aliphatic carbocycles. The molecule has 5 nitrogen and oxygen atoms in total. The van der Waals surface area contributed by atoms with Crippen LogP contribution in [0.1, 0.15) is 21.5 Å². The van der Waals surface area contributed by atoms with Gasteiger partial charge in [0.15, 0.2) is 17.3 Å². The van der Waals surface area contributed by atoms with Crippen LogP contribution < -0.4 is 19.5 Å². The monoisotopic (exact) mass is 433 g/mol. The number of hydrogen-bond donors (Lipinski definition) is 1. The summed E-state index contributed by atoms with van der Waals surface area (Å²) in [5, 5.41) is 3.08. The van der Waals surface area contributed by atoms with Gasteiger partial charge in [0, 0.05) is 23.5 Å². The zero-order valence-corrected chi connectivity index (χ0v) is 18.1. The fourth-order valence-electron chi connectivity index (χ4n) is 3.05. The van der Waals surface area contributed by atoms with Gasteiger partial charge < -0.3 is 19.5 Å². The standard InChI is InChI=1S/C26H24FNO4/c1-30-24-16-19(17-25(31-2)26(24)32-3)8-7-18-5-4-6-22(15-18)28-14-13-23(29)20-9-11-21(27)12-10-20/h4-17,28H,1-3H3/b8-7+,14-13-. The molecular formula is C26H24FNO4. The van der Waals surface area contributed by atoms with E-state index in [1.54, 1.807) is 27.5 Å². The predicted molar refractivity (Wildman–Crippen MR) is 125 cm³/mol. The Morgan fingerprint density at radius 2 is 1.50 bits per heavy atom. The number of methoxy groups -OCH3 is 3. The molecule has 0 unspecified atom stereocenters. The number of benzene rings is 3. The number of carbonyl (C=O) groups is 1. The van der Waals surface area contributed by atoms with Crippen LogP contribution in [0.2, 0.25) is 0 Å². The smallest absolute Gasteiger partial charge is 0.203 e. The lowest BCUT2D eigenvalue weighted by Gasteiger charge is -2.12. The summed E-state index contributed by atoms with van der Waals surface area (Å²) < 4.78 is 29.1. The van der Waals surface area contributed by atoms with E-state index in [1.807, 2.05) is 48.6 Å². The van der Waals surface area contributed by atoms with Crippen molar-refractivity contribution >= 4 is 23.6 Å². The number of hydrogen-bond acceptors (Lipinski definition) is 5. The van der Waals surface area contributed by atoms with E-state index in [1.165, 1.54) is 30.3 Å². The molecule has 0 bridgehead atoms. The molecule has 0 amide bonds. The Morgan fingerprint density at radius 1 is 0.844 bits per heavy atom. The average molecular weight is 433 g/mol. The predicted octanol–water partition coefficient (Wildman–Crippen LogP) is 5.83. The minimum atomic E-state index is -0.375. The second-order valence-corrected chi connectivity index (χ2v) is 6.77. The molecule has 0 heterocycles. The van der Waals surface area contributed by atoms with E-state index >= 15 is 0 Å². The van der Waals surface area contributed by atoms with Crippen LogP contribution in [0, 0.1) is 5.82 Å². The van der Waals surface area contributed by atoms with E-state index in [-0.39, 0.29) is 11.6 Å². The normalized spacial score (nSPS) is 11.0. The summed E-state index contributed by atoms with van der Waals surface area (Å²) in [5.41, 5.74) is 3.09. The van der Waals surface area contributed by atoms with Crippen LogP contribution in [-0.4, -0.2) is 27.1 Å². The van der Waals surface area contributed by atoms with Crippen LogP contribution in [0.25, 0.3) is 12.2 Å². The van der Waals surface area contributed by atoms with Gasteiger partial charge in [0.1, 0.15) is 5.82 Å². The summed E-state index contributed by atoms with van der Waals surface area (Å²) >= 11 is 0. The second kappa shape index (κ2) is 10.8. The Labute approximate surface area is 186 Å². The molecule has 1 N–H and O–H groups in total. The SMILES string of the molecule is COc1cc(/C=C/c2cccc(N/C=C\C(=O)c3ccc(F)cc3)c2)cc(OC)c1OC. The van der Waals surface area contributed by atoms with Crippen molar-refractivity contribution in [3.63, 3.8) is 0 Å². The molecule has 0 aromatic heterocycles. The second-order valence-electron chi connectivity index (χ2n) is 6.77. The summed E-state index contributed by atoms with van der Waals surface area (Å²) in [7, 11) is 4.72. The van der Waals surface area contributed by atoms with Crippen LogP contribution in [0.4, 0.5) is 10.1 Å². The van der Waals surface area contributed by atoms with Gasteiger partial charge >= 0.3 is 0 Å². The first kappa shape index (κ1) is 22.6. The molecule has 0 saturated heterocycles. The highest BCUT2D eigenvalue weighted by atomic mass is 19.1. The van der Waals surface area contributed by atoms with Crippen molar-refractivity contribution in [1.82, 2.24) is 0 Å². The van der Waals surface area contributed by atoms with Crippen LogP contribution in [-0.2, 0) is 0 Å². The van der Waals surface area contributed by atoms with Crippen molar-refractivity contribution in [2.24, 2.45) is 0 Å². The molecule has 3 rings (SSSR count). The quantitative estimate of drug-likeness (QED) is 0.261. The van der Waals surface area contributed by atoms with Crippen LogP contribution >= 0.6 is 0 Å². The number of ketones is 1. The molecule has 32 heavy (non-hydrogen) atoms. The lowest BCUT2D eigenvalue weighted by atomic mass is 10.1. The molecule has 0 aliphatic heterocycles. The lowest BCUT2D eigenvalue weighted by molar-refractivity contribution is 0.104. The van der Waals surface area contributed by atoms with Crippen molar-refractivity contribution in [1.29, 1.82) is 0 Å². The highest BCUT2D eigenvalue weighted by Crippen LogP contribution is 2.38. The maximum absolute atomic E-state index is 13.0. The van der Waals surface area contributed by atoms with Crippen LogP contribution in [0.5, 0.6) is 17.2 Å². The summed E-state index contributed by atoms with van der Waals surface area (Å²) in [6.45, 7) is 0. The maximum Gasteiger partial charge on any atom is 0.203 e. The van der Waals surface area contributed by atoms with E-state index < -0.39 is 0 Å². The van der Waals surface area contributed by atoms with E-state index in [9.17, 15) is 9.18 Å². The lowest BCUT2D eigenvalue weighted by Crippen LogP contribution is -1.96. The Morgan fingerprint density at radius 3 is 2.12 bits per heavy atom. The molecular weight excluding hydrogens is 409 g/mol. The number of carbonyl (C=O) groups excluding carboxylic acids is 1. The molecule has 164 valence electrons. The van der Waals surface area contributed by atoms with E-state index in [4.69, 9.17) is 14.2 Å². The molecule has 3 aromatic rings. The number of ether oxygens (including phenoxy) is 3. The highest BCUT2D eigenvalue weighted by molar-refractivity contribution is 6.04. The van der Waals surface area contributed by atoms with Gasteiger partial charge in [-0.1, -0.05) is 24.3 Å². The van der Waals surface area contributed by atoms with Crippen molar-refractivity contribution < 1.29 is 23.4 Å². The number of halogens is 1. The minimum absolute atomic E-state index is 0.212. The molecule has 0 radical (unpaired) electrons. The minimum Gasteiger partial charge on any atom is -0.493 e. The summed E-state index contributed by atoms with van der Waals surface area (Å²) in [6.07, 6.45) is 6.87. The first-order chi connectivity index (χ1) is 15.5. The topological polar surface area (TPSA) is 56.8 Å². The Hall–Kier alpha value is -4.06. The largest absolute Gasteiger partial charge is 0.493 e. The summed E-state index contributed by atoms with van der Waals surface area (Å²) in [4.78, 5) is 12.1. The van der Waals surface area contributed by atoms with Gasteiger partial charge in [-0.2, -0.15) is 0 Å². The van der Waals surface area contributed by atoms with Gasteiger partial charge in [-0.05, 0) is 59.7 Å². The van der Waals surface area contributed by atoms with Crippen molar-refractivity contribution in [3.05, 3.63) is 95.4 Å². The van der Waals surface area contributed by atoms with E-state index in [0.29, 0.717) is 22.8 Å². The third-order valence-electron chi connectivity index (χ3n) is 4.66. The molecule has 0 fully saturated rings. The van der Waals surface area contributed by atoms with Gasteiger partial charge in [-0.3, -0.25) is 4.79 Å². The number of rotatable bonds is 9. The molecule has 3 aromatic carbocycles. The Bertz CT molecular complexity index is 1110. The molecule has 0 atom stereocenters. The first-order valence-corrected chi connectivity index (χ1v) is 9.85. The fourth-order valence-corrected chi connectivity index (χ4v) is 3.05. The van der Waals surface area contributed by atoms with Gasteiger partial charge in [0.2, 0.25) is 5.75 Å². The Kier molecular flexibility index (Phi) is 7.65. The summed E-state index contributed by atoms with van der Waals surface area (Å²) in [6, 6.07) is 16.9. The fraction of sp³-hybridized carbons (Fsp3) is 0.115.